The standard InChI is InChI=1S/C25H33ClN4O6S/c1-19-8-10-21(17-22(19)30(32)33)37(34,35)29(23-16-20(26)9-11-24(23)36-2)18-25(31)27-12-7-15-28-13-5-3-4-6-14-28/h8-11,16-17H,3-7,12-15,18H2,1-2H3,(H,27,31). The number of nitrogens with one attached hydrogen (secondary N) is 1. The summed E-state index contributed by atoms with van der Waals surface area (Å²) < 4.78 is 33.7. The quantitative estimate of drug-likeness (QED) is 0.252. The first kappa shape index (κ1) is 28.7. The minimum Gasteiger partial charge on any atom is -0.495 e. The maximum atomic E-state index is 13.7. The van der Waals surface area contributed by atoms with Crippen LogP contribution >= 0.6 is 11.6 Å². The SMILES string of the molecule is COc1ccc(Cl)cc1N(CC(=O)NCCCN1CCCCCC1)S(=O)(=O)c1ccc(C)c([N+](=O)[O-])c1. The molecule has 0 bridgehead atoms. The molecule has 2 aromatic rings. The highest BCUT2D eigenvalue weighted by Gasteiger charge is 2.31. The molecule has 0 atom stereocenters. The molecular weight excluding hydrogens is 520 g/mol. The summed E-state index contributed by atoms with van der Waals surface area (Å²) in [6.07, 6.45) is 5.59. The fraction of sp³-hybridized carbons (Fsp3) is 0.480. The number of carbonyl (C=O) groups excluding carboxylic acids is 1. The number of methoxy groups -OCH3 is 1. The van der Waals surface area contributed by atoms with Crippen LogP contribution in [0, 0.1) is 17.0 Å². The summed E-state index contributed by atoms with van der Waals surface area (Å²) in [5.74, 6) is -0.327. The van der Waals surface area contributed by atoms with Gasteiger partial charge >= 0.3 is 0 Å². The van der Waals surface area contributed by atoms with E-state index in [1.165, 1.54) is 70.0 Å². The van der Waals surface area contributed by atoms with E-state index in [1.54, 1.807) is 0 Å². The topological polar surface area (TPSA) is 122 Å². The molecule has 1 N–H and O–H groups in total. The number of nitro groups is 1. The summed E-state index contributed by atoms with van der Waals surface area (Å²) in [5.41, 5.74) is 0.0352. The Kier molecular flexibility index (Phi) is 10.1. The van der Waals surface area contributed by atoms with Crippen LogP contribution in [0.4, 0.5) is 11.4 Å². The molecule has 2 aromatic carbocycles. The number of aryl methyl sites for hydroxylation is 1. The Morgan fingerprint density at radius 3 is 2.51 bits per heavy atom. The molecule has 1 fully saturated rings. The van der Waals surface area contributed by atoms with E-state index in [4.69, 9.17) is 16.3 Å². The van der Waals surface area contributed by atoms with Gasteiger partial charge in [-0.1, -0.05) is 30.5 Å². The van der Waals surface area contributed by atoms with Gasteiger partial charge in [-0.3, -0.25) is 19.2 Å². The number of amides is 1. The molecule has 37 heavy (non-hydrogen) atoms. The summed E-state index contributed by atoms with van der Waals surface area (Å²) in [6.45, 7) is 4.33. The van der Waals surface area contributed by atoms with Gasteiger partial charge in [0.05, 0.1) is 22.6 Å². The molecule has 202 valence electrons. The number of likely N-dealkylation sites (tertiary alicyclic amines) is 1. The number of halogens is 1. The summed E-state index contributed by atoms with van der Waals surface area (Å²) in [6, 6.07) is 8.05. The molecule has 0 aromatic heterocycles. The van der Waals surface area contributed by atoms with E-state index in [2.05, 4.69) is 10.2 Å². The third kappa shape index (κ3) is 7.56. The number of hydrogen-bond donors (Lipinski definition) is 1. The van der Waals surface area contributed by atoms with Crippen molar-refractivity contribution in [2.75, 3.05) is 44.1 Å². The van der Waals surface area contributed by atoms with Crippen LogP contribution in [0.3, 0.4) is 0 Å². The third-order valence-corrected chi connectivity index (χ3v) is 8.32. The van der Waals surface area contributed by atoms with E-state index in [1.807, 2.05) is 0 Å². The number of rotatable bonds is 11. The Bertz CT molecular complexity index is 1220. The van der Waals surface area contributed by atoms with Gasteiger partial charge in [0.25, 0.3) is 15.7 Å². The van der Waals surface area contributed by atoms with Crippen LogP contribution in [0.5, 0.6) is 5.75 Å². The second-order valence-corrected chi connectivity index (χ2v) is 11.3. The predicted molar refractivity (Wildman–Crippen MR) is 143 cm³/mol. The van der Waals surface area contributed by atoms with Crippen molar-refractivity contribution < 1.29 is 22.9 Å². The van der Waals surface area contributed by atoms with Gasteiger partial charge in [-0.25, -0.2) is 8.42 Å². The molecule has 0 aliphatic carbocycles. The summed E-state index contributed by atoms with van der Waals surface area (Å²) in [7, 11) is -3.03. The molecule has 1 aliphatic rings. The Morgan fingerprint density at radius 1 is 1.16 bits per heavy atom. The van der Waals surface area contributed by atoms with Crippen LogP contribution in [0.25, 0.3) is 0 Å². The van der Waals surface area contributed by atoms with Gasteiger partial charge in [-0.05, 0) is 70.1 Å². The number of nitrogens with zero attached hydrogens (tertiary/aromatic N) is 3. The minimum absolute atomic E-state index is 0.0537. The molecule has 0 spiro atoms. The number of benzene rings is 2. The highest BCUT2D eigenvalue weighted by atomic mass is 35.5. The van der Waals surface area contributed by atoms with Crippen molar-refractivity contribution in [3.05, 3.63) is 57.1 Å². The molecule has 0 radical (unpaired) electrons. The maximum absolute atomic E-state index is 13.7. The molecular formula is C25H33ClN4O6S. The number of sulfonamides is 1. The van der Waals surface area contributed by atoms with Crippen LogP contribution in [-0.4, -0.2) is 64.0 Å². The largest absolute Gasteiger partial charge is 0.495 e. The smallest absolute Gasteiger partial charge is 0.273 e. The highest BCUT2D eigenvalue weighted by molar-refractivity contribution is 7.92. The Hall–Kier alpha value is -2.89. The lowest BCUT2D eigenvalue weighted by Gasteiger charge is -2.26. The highest BCUT2D eigenvalue weighted by Crippen LogP contribution is 2.35. The average Bonchev–Trinajstić information content (AvgIpc) is 3.14. The van der Waals surface area contributed by atoms with Crippen LogP contribution < -0.4 is 14.4 Å². The molecule has 1 amide bonds. The van der Waals surface area contributed by atoms with Gasteiger partial charge in [0, 0.05) is 23.2 Å². The van der Waals surface area contributed by atoms with Crippen molar-refractivity contribution in [2.45, 2.75) is 43.9 Å². The maximum Gasteiger partial charge on any atom is 0.273 e. The van der Waals surface area contributed by atoms with Gasteiger partial charge in [0.15, 0.2) is 0 Å². The van der Waals surface area contributed by atoms with Crippen LogP contribution in [-0.2, 0) is 14.8 Å². The summed E-state index contributed by atoms with van der Waals surface area (Å²) in [5, 5.41) is 14.5. The molecule has 1 aliphatic heterocycles. The zero-order valence-corrected chi connectivity index (χ0v) is 22.7. The molecule has 0 saturated carbocycles. The molecule has 10 nitrogen and oxygen atoms in total. The third-order valence-electron chi connectivity index (χ3n) is 6.33. The normalized spacial score (nSPS) is 14.6. The van der Waals surface area contributed by atoms with Gasteiger partial charge in [0.1, 0.15) is 12.3 Å². The number of carbonyl (C=O) groups is 1. The average molecular weight is 553 g/mol. The van der Waals surface area contributed by atoms with Crippen LogP contribution in [0.15, 0.2) is 41.3 Å². The first-order valence-corrected chi connectivity index (χ1v) is 14.1. The van der Waals surface area contributed by atoms with Crippen LogP contribution in [0.2, 0.25) is 5.02 Å². The van der Waals surface area contributed by atoms with Crippen molar-refractivity contribution in [1.29, 1.82) is 0 Å². The van der Waals surface area contributed by atoms with E-state index in [9.17, 15) is 23.3 Å². The van der Waals surface area contributed by atoms with Gasteiger partial charge in [-0.15, -0.1) is 0 Å². The summed E-state index contributed by atoms with van der Waals surface area (Å²) >= 11 is 6.15. The minimum atomic E-state index is -4.40. The fourth-order valence-electron chi connectivity index (χ4n) is 4.31. The number of anilines is 1. The lowest BCUT2D eigenvalue weighted by molar-refractivity contribution is -0.385. The first-order valence-electron chi connectivity index (χ1n) is 12.2. The Morgan fingerprint density at radius 2 is 1.86 bits per heavy atom. The number of hydrogen-bond acceptors (Lipinski definition) is 7. The van der Waals surface area contributed by atoms with E-state index in [0.717, 1.165) is 36.4 Å². The van der Waals surface area contributed by atoms with Crippen molar-refractivity contribution in [2.24, 2.45) is 0 Å². The lowest BCUT2D eigenvalue weighted by atomic mass is 10.2. The van der Waals surface area contributed by atoms with E-state index < -0.39 is 27.4 Å². The van der Waals surface area contributed by atoms with Crippen molar-refractivity contribution in [1.82, 2.24) is 10.2 Å². The number of ether oxygens (including phenoxy) is 1. The van der Waals surface area contributed by atoms with E-state index in [0.29, 0.717) is 12.1 Å². The Labute approximate surface area is 222 Å². The second kappa shape index (κ2) is 13.1. The van der Waals surface area contributed by atoms with Crippen molar-refractivity contribution in [3.8, 4) is 5.75 Å². The molecule has 12 heteroatoms. The first-order chi connectivity index (χ1) is 17.6. The van der Waals surface area contributed by atoms with Gasteiger partial charge < -0.3 is 15.0 Å². The van der Waals surface area contributed by atoms with E-state index in [-0.39, 0.29) is 27.0 Å². The van der Waals surface area contributed by atoms with E-state index >= 15 is 0 Å². The molecule has 0 unspecified atom stereocenters. The van der Waals surface area contributed by atoms with Gasteiger partial charge in [0.2, 0.25) is 5.91 Å². The van der Waals surface area contributed by atoms with Crippen molar-refractivity contribution >= 4 is 38.9 Å². The van der Waals surface area contributed by atoms with Crippen LogP contribution in [0.1, 0.15) is 37.7 Å². The van der Waals surface area contributed by atoms with Crippen molar-refractivity contribution in [3.63, 3.8) is 0 Å². The number of nitro benzene ring substituents is 1. The van der Waals surface area contributed by atoms with Gasteiger partial charge in [-0.2, -0.15) is 0 Å². The second-order valence-electron chi connectivity index (χ2n) is 8.99. The Balaban J connectivity index is 1.83. The lowest BCUT2D eigenvalue weighted by Crippen LogP contribution is -2.41. The zero-order chi connectivity index (χ0) is 27.0. The predicted octanol–water partition coefficient (Wildman–Crippen LogP) is 4.14. The molecule has 1 heterocycles. The molecule has 3 rings (SSSR count). The zero-order valence-electron chi connectivity index (χ0n) is 21.1. The summed E-state index contributed by atoms with van der Waals surface area (Å²) in [4.78, 5) is 25.8. The molecule has 1 saturated heterocycles. The fourth-order valence-corrected chi connectivity index (χ4v) is 5.92. The monoisotopic (exact) mass is 552 g/mol.